The Balaban J connectivity index is 1.46. The molecule has 3 saturated carbocycles. The highest BCUT2D eigenvalue weighted by Crippen LogP contribution is 2.66. The molecule has 0 aromatic heterocycles. The van der Waals surface area contributed by atoms with Crippen LogP contribution in [0.1, 0.15) is 79.1 Å². The summed E-state index contributed by atoms with van der Waals surface area (Å²) in [5, 5.41) is 6.11. The molecule has 0 aromatic rings. The number of carbonyl (C=O) groups is 2. The fraction of sp³-hybridized carbons (Fsp3) is 0.917. The maximum absolute atomic E-state index is 12.3. The highest BCUT2D eigenvalue weighted by Gasteiger charge is 2.60. The van der Waals surface area contributed by atoms with Crippen LogP contribution in [0.3, 0.4) is 0 Å². The van der Waals surface area contributed by atoms with Crippen LogP contribution in [0.5, 0.6) is 0 Å². The average Bonchev–Trinajstić information content (AvgIpc) is 2.99. The van der Waals surface area contributed by atoms with E-state index in [0.29, 0.717) is 28.7 Å². The molecule has 164 valence electrons. The van der Waals surface area contributed by atoms with Crippen LogP contribution in [-0.4, -0.2) is 42.5 Å². The van der Waals surface area contributed by atoms with Crippen molar-refractivity contribution >= 4 is 11.9 Å². The average molecular weight is 404 g/mol. The SMILES string of the molecule is CC(C)NC(=O)NCC1CC[C@H]2[C@@H]3CC[C@H]4N(C)C(=O)CC[C@]4(C)[C@H]3CC[C@]12C. The van der Waals surface area contributed by atoms with Crippen LogP contribution in [0.4, 0.5) is 4.79 Å². The molecule has 1 heterocycles. The number of nitrogens with zero attached hydrogens (tertiary/aromatic N) is 1. The minimum atomic E-state index is -0.0244. The topological polar surface area (TPSA) is 61.4 Å². The molecule has 7 atom stereocenters. The molecule has 1 unspecified atom stereocenters. The lowest BCUT2D eigenvalue weighted by Crippen LogP contribution is -2.61. The molecular formula is C24H41N3O2. The second-order valence-corrected chi connectivity index (χ2v) is 11.3. The summed E-state index contributed by atoms with van der Waals surface area (Å²) in [6.07, 6.45) is 9.37. The highest BCUT2D eigenvalue weighted by molar-refractivity contribution is 5.77. The van der Waals surface area contributed by atoms with Gasteiger partial charge in [-0.25, -0.2) is 4.79 Å². The van der Waals surface area contributed by atoms with Crippen LogP contribution in [0, 0.1) is 34.5 Å². The third-order valence-corrected chi connectivity index (χ3v) is 9.68. The fourth-order valence-corrected chi connectivity index (χ4v) is 8.12. The minimum absolute atomic E-state index is 0.0244. The van der Waals surface area contributed by atoms with E-state index >= 15 is 0 Å². The van der Waals surface area contributed by atoms with Crippen LogP contribution in [0.2, 0.25) is 0 Å². The van der Waals surface area contributed by atoms with Crippen molar-refractivity contribution in [3.05, 3.63) is 0 Å². The van der Waals surface area contributed by atoms with E-state index in [0.717, 1.165) is 37.1 Å². The molecule has 3 amide bonds. The van der Waals surface area contributed by atoms with Gasteiger partial charge < -0.3 is 15.5 Å². The van der Waals surface area contributed by atoms with Gasteiger partial charge in [0.05, 0.1) is 0 Å². The first-order chi connectivity index (χ1) is 13.7. The zero-order valence-corrected chi connectivity index (χ0v) is 19.1. The first kappa shape index (κ1) is 21.0. The summed E-state index contributed by atoms with van der Waals surface area (Å²) in [7, 11) is 2.04. The van der Waals surface area contributed by atoms with Crippen LogP contribution in [0.15, 0.2) is 0 Å². The van der Waals surface area contributed by atoms with Gasteiger partial charge in [-0.15, -0.1) is 0 Å². The normalized spacial score (nSPS) is 44.1. The third-order valence-electron chi connectivity index (χ3n) is 9.68. The Morgan fingerprint density at radius 1 is 1.07 bits per heavy atom. The molecule has 1 aliphatic heterocycles. The molecule has 4 rings (SSSR count). The number of urea groups is 1. The van der Waals surface area contributed by atoms with E-state index in [2.05, 4.69) is 29.4 Å². The summed E-state index contributed by atoms with van der Waals surface area (Å²) in [5.41, 5.74) is 0.645. The Morgan fingerprint density at radius 2 is 1.79 bits per heavy atom. The zero-order valence-electron chi connectivity index (χ0n) is 19.1. The molecule has 29 heavy (non-hydrogen) atoms. The number of hydrogen-bond donors (Lipinski definition) is 2. The van der Waals surface area contributed by atoms with Gasteiger partial charge in [0.1, 0.15) is 0 Å². The van der Waals surface area contributed by atoms with Crippen LogP contribution < -0.4 is 10.6 Å². The Kier molecular flexibility index (Phi) is 5.40. The molecule has 3 aliphatic carbocycles. The lowest BCUT2D eigenvalue weighted by molar-refractivity contribution is -0.158. The number of rotatable bonds is 3. The van der Waals surface area contributed by atoms with E-state index in [4.69, 9.17) is 0 Å². The number of fused-ring (bicyclic) bond motifs is 5. The molecule has 1 saturated heterocycles. The predicted molar refractivity (Wildman–Crippen MR) is 115 cm³/mol. The quantitative estimate of drug-likeness (QED) is 0.743. The summed E-state index contributed by atoms with van der Waals surface area (Å²) in [6.45, 7) is 9.81. The Hall–Kier alpha value is -1.26. The number of carbonyl (C=O) groups excluding carboxylic acids is 2. The first-order valence-electron chi connectivity index (χ1n) is 12.0. The molecule has 0 radical (unpaired) electrons. The predicted octanol–water partition coefficient (Wildman–Crippen LogP) is 4.17. The van der Waals surface area contributed by atoms with E-state index in [9.17, 15) is 9.59 Å². The van der Waals surface area contributed by atoms with Gasteiger partial charge in [-0.2, -0.15) is 0 Å². The second kappa shape index (κ2) is 7.46. The summed E-state index contributed by atoms with van der Waals surface area (Å²) in [6, 6.07) is 0.588. The zero-order chi connectivity index (χ0) is 21.0. The van der Waals surface area contributed by atoms with Crippen LogP contribution in [0.25, 0.3) is 0 Å². The van der Waals surface area contributed by atoms with Crippen molar-refractivity contribution < 1.29 is 9.59 Å². The number of hydrogen-bond acceptors (Lipinski definition) is 2. The monoisotopic (exact) mass is 403 g/mol. The summed E-state index contributed by atoms with van der Waals surface area (Å²) in [5.74, 6) is 3.27. The van der Waals surface area contributed by atoms with E-state index in [1.165, 1.54) is 38.5 Å². The Morgan fingerprint density at radius 3 is 2.52 bits per heavy atom. The van der Waals surface area contributed by atoms with Gasteiger partial charge >= 0.3 is 6.03 Å². The summed E-state index contributed by atoms with van der Waals surface area (Å²) < 4.78 is 0. The van der Waals surface area contributed by atoms with E-state index < -0.39 is 0 Å². The van der Waals surface area contributed by atoms with Gasteiger partial charge in [0.25, 0.3) is 0 Å². The van der Waals surface area contributed by atoms with Crippen molar-refractivity contribution in [1.82, 2.24) is 15.5 Å². The second-order valence-electron chi connectivity index (χ2n) is 11.3. The molecular weight excluding hydrogens is 362 g/mol. The molecule has 5 heteroatoms. The molecule has 2 N–H and O–H groups in total. The minimum Gasteiger partial charge on any atom is -0.342 e. The number of nitrogens with one attached hydrogen (secondary N) is 2. The van der Waals surface area contributed by atoms with Gasteiger partial charge in [0, 0.05) is 32.1 Å². The van der Waals surface area contributed by atoms with Crippen molar-refractivity contribution in [1.29, 1.82) is 0 Å². The lowest BCUT2D eigenvalue weighted by atomic mass is 9.47. The summed E-state index contributed by atoms with van der Waals surface area (Å²) in [4.78, 5) is 26.5. The smallest absolute Gasteiger partial charge is 0.314 e. The van der Waals surface area contributed by atoms with Crippen LogP contribution in [-0.2, 0) is 4.79 Å². The van der Waals surface area contributed by atoms with Gasteiger partial charge in [-0.3, -0.25) is 4.79 Å². The molecule has 0 bridgehead atoms. The van der Waals surface area contributed by atoms with E-state index in [1.807, 2.05) is 20.9 Å². The molecule has 4 fully saturated rings. The van der Waals surface area contributed by atoms with Crippen molar-refractivity contribution in [2.75, 3.05) is 13.6 Å². The molecule has 0 aromatic carbocycles. The van der Waals surface area contributed by atoms with E-state index in [-0.39, 0.29) is 12.1 Å². The van der Waals surface area contributed by atoms with Gasteiger partial charge in [0.15, 0.2) is 0 Å². The number of likely N-dealkylation sites (tertiary alicyclic amines) is 1. The first-order valence-corrected chi connectivity index (χ1v) is 12.0. The fourth-order valence-electron chi connectivity index (χ4n) is 8.12. The molecule has 5 nitrogen and oxygen atoms in total. The number of piperidine rings is 1. The standard InChI is InChI=1S/C24H41N3O2/c1-15(2)26-22(29)25-14-16-6-8-18-17-7-9-20-24(4,13-11-21(28)27(20)5)19(17)10-12-23(16,18)3/h15-20H,6-14H2,1-5H3,(H2,25,26,29)/t16?,17-,18-,19-,20+,23+,24+/m0/s1. The largest absolute Gasteiger partial charge is 0.342 e. The highest BCUT2D eigenvalue weighted by atomic mass is 16.2. The molecule has 4 aliphatic rings. The van der Waals surface area contributed by atoms with Crippen molar-refractivity contribution in [2.24, 2.45) is 34.5 Å². The van der Waals surface area contributed by atoms with Crippen molar-refractivity contribution in [3.8, 4) is 0 Å². The van der Waals surface area contributed by atoms with Gasteiger partial charge in [0.2, 0.25) is 5.91 Å². The van der Waals surface area contributed by atoms with Crippen molar-refractivity contribution in [3.63, 3.8) is 0 Å². The van der Waals surface area contributed by atoms with Crippen molar-refractivity contribution in [2.45, 2.75) is 91.1 Å². The van der Waals surface area contributed by atoms with Gasteiger partial charge in [-0.1, -0.05) is 13.8 Å². The maximum Gasteiger partial charge on any atom is 0.314 e. The number of amides is 3. The van der Waals surface area contributed by atoms with Gasteiger partial charge in [-0.05, 0) is 93.3 Å². The maximum atomic E-state index is 12.3. The Labute approximate surface area is 176 Å². The third kappa shape index (κ3) is 3.37. The van der Waals surface area contributed by atoms with Crippen LogP contribution >= 0.6 is 0 Å². The lowest BCUT2D eigenvalue weighted by Gasteiger charge is -2.61. The Bertz CT molecular complexity index is 665. The molecule has 0 spiro atoms. The summed E-state index contributed by atoms with van der Waals surface area (Å²) >= 11 is 0. The van der Waals surface area contributed by atoms with E-state index in [1.54, 1.807) is 0 Å².